The molecule has 0 radical (unpaired) electrons. The van der Waals surface area contributed by atoms with Crippen molar-refractivity contribution < 1.29 is 4.74 Å². The van der Waals surface area contributed by atoms with Gasteiger partial charge in [-0.25, -0.2) is 14.4 Å². The summed E-state index contributed by atoms with van der Waals surface area (Å²) in [6.07, 6.45) is 1.51. The van der Waals surface area contributed by atoms with E-state index in [0.29, 0.717) is 11.4 Å². The third-order valence-electron chi connectivity index (χ3n) is 2.67. The lowest BCUT2D eigenvalue weighted by Gasteiger charge is -2.12. The smallest absolute Gasteiger partial charge is 0.334 e. The summed E-state index contributed by atoms with van der Waals surface area (Å²) in [4.78, 5) is 31.7. The predicted octanol–water partition coefficient (Wildman–Crippen LogP) is 0.756. The van der Waals surface area contributed by atoms with Crippen molar-refractivity contribution >= 4 is 12.2 Å². The van der Waals surface area contributed by atoms with E-state index in [1.54, 1.807) is 43.3 Å². The number of aromatic amines is 1. The molecule has 2 rings (SSSR count). The number of aromatic nitrogens is 2. The van der Waals surface area contributed by atoms with Crippen molar-refractivity contribution in [3.05, 3.63) is 51.2 Å². The first-order chi connectivity index (χ1) is 10.0. The lowest BCUT2D eigenvalue weighted by molar-refractivity contribution is 0.412. The Morgan fingerprint density at radius 2 is 2.00 bits per heavy atom. The lowest BCUT2D eigenvalue weighted by atomic mass is 10.3. The van der Waals surface area contributed by atoms with Crippen molar-refractivity contribution in [2.45, 2.75) is 0 Å². The third kappa shape index (κ3) is 3.19. The molecule has 0 aliphatic carbocycles. The zero-order chi connectivity index (χ0) is 15.4. The molecule has 0 saturated heterocycles. The van der Waals surface area contributed by atoms with E-state index in [-0.39, 0.29) is 5.82 Å². The first-order valence-electron chi connectivity index (χ1n) is 6.23. The molecular weight excluding hydrogens is 272 g/mol. The number of para-hydroxylation sites is 2. The van der Waals surface area contributed by atoms with Gasteiger partial charge < -0.3 is 9.64 Å². The number of H-pyrrole nitrogens is 1. The van der Waals surface area contributed by atoms with Gasteiger partial charge in [0.15, 0.2) is 0 Å². The Balaban J connectivity index is 2.73. The molecule has 7 heteroatoms. The summed E-state index contributed by atoms with van der Waals surface area (Å²) in [6.45, 7) is 0. The molecule has 1 N–H and O–H groups in total. The molecule has 0 spiro atoms. The molecule has 110 valence electrons. The molecule has 0 aliphatic heterocycles. The monoisotopic (exact) mass is 288 g/mol. The van der Waals surface area contributed by atoms with E-state index in [4.69, 9.17) is 4.74 Å². The molecule has 7 nitrogen and oxygen atoms in total. The zero-order valence-corrected chi connectivity index (χ0v) is 12.0. The maximum Gasteiger partial charge on any atom is 0.334 e. The van der Waals surface area contributed by atoms with Crippen molar-refractivity contribution in [2.75, 3.05) is 21.2 Å². The van der Waals surface area contributed by atoms with Crippen LogP contribution in [-0.2, 0) is 0 Å². The summed E-state index contributed by atoms with van der Waals surface area (Å²) < 4.78 is 6.54. The summed E-state index contributed by atoms with van der Waals surface area (Å²) in [5.74, 6) is 0.731. The van der Waals surface area contributed by atoms with Gasteiger partial charge >= 0.3 is 5.69 Å². The fraction of sp³-hybridized carbons (Fsp3) is 0.214. The van der Waals surface area contributed by atoms with Gasteiger partial charge in [0, 0.05) is 20.2 Å². The van der Waals surface area contributed by atoms with Crippen LogP contribution in [0.2, 0.25) is 0 Å². The van der Waals surface area contributed by atoms with E-state index < -0.39 is 11.2 Å². The van der Waals surface area contributed by atoms with Crippen molar-refractivity contribution in [1.29, 1.82) is 0 Å². The second-order valence-corrected chi connectivity index (χ2v) is 4.51. The Hall–Kier alpha value is -2.83. The molecule has 1 aromatic carbocycles. The summed E-state index contributed by atoms with van der Waals surface area (Å²) in [5, 5.41) is 0. The lowest BCUT2D eigenvalue weighted by Crippen LogP contribution is -2.28. The predicted molar refractivity (Wildman–Crippen MR) is 81.1 cm³/mol. The van der Waals surface area contributed by atoms with Crippen LogP contribution in [0.5, 0.6) is 5.75 Å². The molecule has 21 heavy (non-hydrogen) atoms. The summed E-state index contributed by atoms with van der Waals surface area (Å²) in [6, 6.07) is 8.27. The number of methoxy groups -OCH3 is 1. The van der Waals surface area contributed by atoms with Crippen LogP contribution < -0.4 is 16.0 Å². The van der Waals surface area contributed by atoms with Crippen LogP contribution in [0.3, 0.4) is 0 Å². The van der Waals surface area contributed by atoms with Gasteiger partial charge in [-0.3, -0.25) is 9.78 Å². The maximum absolute atomic E-state index is 12.1. The van der Waals surface area contributed by atoms with Crippen molar-refractivity contribution in [3.8, 4) is 11.4 Å². The average Bonchev–Trinajstić information content (AvgIpc) is 2.44. The quantitative estimate of drug-likeness (QED) is 0.665. The molecular formula is C14H16N4O3. The van der Waals surface area contributed by atoms with Gasteiger partial charge in [0.05, 0.1) is 19.1 Å². The minimum atomic E-state index is -0.571. The molecule has 0 saturated carbocycles. The summed E-state index contributed by atoms with van der Waals surface area (Å²) in [7, 11) is 5.10. The summed E-state index contributed by atoms with van der Waals surface area (Å²) in [5.41, 5.74) is -0.567. The van der Waals surface area contributed by atoms with E-state index in [1.165, 1.54) is 24.1 Å². The second-order valence-electron chi connectivity index (χ2n) is 4.51. The van der Waals surface area contributed by atoms with Crippen molar-refractivity contribution in [2.24, 2.45) is 4.99 Å². The molecule has 0 unspecified atom stereocenters. The van der Waals surface area contributed by atoms with Crippen LogP contribution in [0.4, 0.5) is 5.82 Å². The minimum absolute atomic E-state index is 0.224. The average molecular weight is 288 g/mol. The van der Waals surface area contributed by atoms with E-state index in [2.05, 4.69) is 9.98 Å². The Kier molecular flexibility index (Phi) is 4.22. The number of hydrogen-bond acceptors (Lipinski definition) is 4. The van der Waals surface area contributed by atoms with E-state index in [9.17, 15) is 9.59 Å². The van der Waals surface area contributed by atoms with Crippen LogP contribution in [0, 0.1) is 0 Å². The Bertz CT molecular complexity index is 774. The van der Waals surface area contributed by atoms with Crippen LogP contribution in [-0.4, -0.2) is 42.0 Å². The third-order valence-corrected chi connectivity index (χ3v) is 2.67. The van der Waals surface area contributed by atoms with Crippen LogP contribution in [0.25, 0.3) is 5.69 Å². The number of hydrogen-bond donors (Lipinski definition) is 1. The molecule has 1 heterocycles. The van der Waals surface area contributed by atoms with Gasteiger partial charge in [-0.15, -0.1) is 0 Å². The van der Waals surface area contributed by atoms with Gasteiger partial charge in [-0.2, -0.15) is 0 Å². The number of benzene rings is 1. The van der Waals surface area contributed by atoms with Crippen LogP contribution in [0.15, 0.2) is 44.9 Å². The van der Waals surface area contributed by atoms with Crippen LogP contribution in [0.1, 0.15) is 0 Å². The largest absolute Gasteiger partial charge is 0.495 e. The Labute approximate surface area is 121 Å². The molecule has 1 aromatic heterocycles. The van der Waals surface area contributed by atoms with Crippen molar-refractivity contribution in [3.63, 3.8) is 0 Å². The first-order valence-corrected chi connectivity index (χ1v) is 6.23. The topological polar surface area (TPSA) is 79.7 Å². The minimum Gasteiger partial charge on any atom is -0.495 e. The summed E-state index contributed by atoms with van der Waals surface area (Å²) >= 11 is 0. The number of aliphatic imine (C=N–C) groups is 1. The SMILES string of the molecule is COc1ccccc1-n1c(N=CN(C)C)cc(=O)[nH]c1=O. The highest BCUT2D eigenvalue weighted by atomic mass is 16.5. The van der Waals surface area contributed by atoms with E-state index in [0.717, 1.165) is 0 Å². The van der Waals surface area contributed by atoms with Crippen molar-refractivity contribution in [1.82, 2.24) is 14.5 Å². The van der Waals surface area contributed by atoms with E-state index >= 15 is 0 Å². The molecule has 0 atom stereocenters. The van der Waals surface area contributed by atoms with Gasteiger partial charge in [0.25, 0.3) is 5.56 Å². The van der Waals surface area contributed by atoms with Gasteiger partial charge in [0.1, 0.15) is 11.6 Å². The Morgan fingerprint density at radius 3 is 2.67 bits per heavy atom. The number of rotatable bonds is 4. The molecule has 0 aliphatic rings. The second kappa shape index (κ2) is 6.08. The van der Waals surface area contributed by atoms with Gasteiger partial charge in [0.2, 0.25) is 0 Å². The number of ether oxygens (including phenoxy) is 1. The molecule has 2 aromatic rings. The molecule has 0 bridgehead atoms. The van der Waals surface area contributed by atoms with Gasteiger partial charge in [-0.05, 0) is 12.1 Å². The fourth-order valence-corrected chi connectivity index (χ4v) is 1.80. The highest BCUT2D eigenvalue weighted by Gasteiger charge is 2.11. The number of nitrogens with zero attached hydrogens (tertiary/aromatic N) is 3. The molecule has 0 fully saturated rings. The normalized spacial score (nSPS) is 10.8. The maximum atomic E-state index is 12.1. The highest BCUT2D eigenvalue weighted by molar-refractivity contribution is 5.61. The fourth-order valence-electron chi connectivity index (χ4n) is 1.80. The van der Waals surface area contributed by atoms with Gasteiger partial charge in [-0.1, -0.05) is 12.1 Å². The number of nitrogens with one attached hydrogen (secondary N) is 1. The molecule has 0 amide bonds. The standard InChI is InChI=1S/C14H16N4O3/c1-17(2)9-15-12-8-13(19)16-14(20)18(12)10-6-4-5-7-11(10)21-3/h4-9H,1-3H3,(H,16,19,20). The zero-order valence-electron chi connectivity index (χ0n) is 12.0. The Morgan fingerprint density at radius 1 is 1.29 bits per heavy atom. The first kappa shape index (κ1) is 14.6. The van der Waals surface area contributed by atoms with E-state index in [1.807, 2.05) is 0 Å². The highest BCUT2D eigenvalue weighted by Crippen LogP contribution is 2.23. The van der Waals surface area contributed by atoms with Crippen LogP contribution >= 0.6 is 0 Å².